The van der Waals surface area contributed by atoms with E-state index in [1.165, 1.54) is 71.6 Å². The van der Waals surface area contributed by atoms with Crippen molar-refractivity contribution in [1.29, 1.82) is 0 Å². The maximum atomic E-state index is 6.39. The number of benzene rings is 9. The van der Waals surface area contributed by atoms with Gasteiger partial charge in [0.05, 0.1) is 38.8 Å². The molecule has 0 radical (unpaired) electrons. The van der Waals surface area contributed by atoms with Crippen molar-refractivity contribution >= 4 is 65.6 Å². The van der Waals surface area contributed by atoms with Gasteiger partial charge < -0.3 is 13.6 Å². The van der Waals surface area contributed by atoms with Gasteiger partial charge in [-0.3, -0.25) is 0 Å². The third-order valence-electron chi connectivity index (χ3n) is 11.7. The number of rotatable bonds is 5. The van der Waals surface area contributed by atoms with Crippen LogP contribution < -0.4 is 0 Å². The summed E-state index contributed by atoms with van der Waals surface area (Å²) in [6, 6.07) is 74.4. The van der Waals surface area contributed by atoms with E-state index in [0.717, 1.165) is 38.7 Å². The van der Waals surface area contributed by atoms with Crippen molar-refractivity contribution in [2.24, 2.45) is 0 Å². The predicted molar refractivity (Wildman–Crippen MR) is 239 cm³/mol. The molecule has 3 heterocycles. The third-order valence-corrected chi connectivity index (χ3v) is 11.7. The lowest BCUT2D eigenvalue weighted by atomic mass is 9.97. The minimum atomic E-state index is 0.887. The van der Waals surface area contributed by atoms with E-state index in [0.29, 0.717) is 0 Å². The van der Waals surface area contributed by atoms with Gasteiger partial charge in [-0.2, -0.15) is 0 Å². The van der Waals surface area contributed by atoms with Crippen LogP contribution in [0, 0.1) is 0 Å². The molecule has 266 valence electrons. The number of aromatic nitrogens is 2. The van der Waals surface area contributed by atoms with Gasteiger partial charge in [0.15, 0.2) is 0 Å². The first-order valence-corrected chi connectivity index (χ1v) is 19.5. The summed E-state index contributed by atoms with van der Waals surface area (Å²) in [5, 5.41) is 7.16. The summed E-state index contributed by atoms with van der Waals surface area (Å²) in [4.78, 5) is 0. The van der Waals surface area contributed by atoms with Crippen molar-refractivity contribution in [3.63, 3.8) is 0 Å². The van der Waals surface area contributed by atoms with Gasteiger partial charge in [-0.1, -0.05) is 146 Å². The van der Waals surface area contributed by atoms with E-state index in [2.05, 4.69) is 209 Å². The van der Waals surface area contributed by atoms with Crippen LogP contribution in [0.2, 0.25) is 0 Å². The monoisotopic (exact) mass is 726 g/mol. The molecule has 12 aromatic rings. The fourth-order valence-corrected chi connectivity index (χ4v) is 9.25. The van der Waals surface area contributed by atoms with Gasteiger partial charge in [0.1, 0.15) is 11.2 Å². The molecule has 0 atom stereocenters. The summed E-state index contributed by atoms with van der Waals surface area (Å²) in [7, 11) is 0. The van der Waals surface area contributed by atoms with E-state index in [1.54, 1.807) is 0 Å². The Labute approximate surface area is 328 Å². The molecule has 0 bridgehead atoms. The largest absolute Gasteiger partial charge is 0.456 e. The number of fused-ring (bicyclic) bond motifs is 9. The molecule has 12 rings (SSSR count). The smallest absolute Gasteiger partial charge is 0.137 e. The van der Waals surface area contributed by atoms with Crippen LogP contribution in [0.25, 0.3) is 110 Å². The molecular formula is C54H34N2O. The quantitative estimate of drug-likeness (QED) is 0.173. The van der Waals surface area contributed by atoms with Crippen LogP contribution in [0.4, 0.5) is 0 Å². The van der Waals surface area contributed by atoms with Crippen molar-refractivity contribution in [2.45, 2.75) is 0 Å². The average molecular weight is 727 g/mol. The first-order valence-electron chi connectivity index (χ1n) is 19.5. The second kappa shape index (κ2) is 12.5. The first kappa shape index (κ1) is 31.7. The van der Waals surface area contributed by atoms with E-state index < -0.39 is 0 Å². The minimum Gasteiger partial charge on any atom is -0.456 e. The lowest BCUT2D eigenvalue weighted by molar-refractivity contribution is 0.669. The molecule has 57 heavy (non-hydrogen) atoms. The lowest BCUT2D eigenvalue weighted by Gasteiger charge is -2.14. The Hall–Kier alpha value is -7.62. The summed E-state index contributed by atoms with van der Waals surface area (Å²) in [6.07, 6.45) is 0. The van der Waals surface area contributed by atoms with Gasteiger partial charge in [0.2, 0.25) is 0 Å². The minimum absolute atomic E-state index is 0.887. The summed E-state index contributed by atoms with van der Waals surface area (Å²) in [6.45, 7) is 0. The maximum absolute atomic E-state index is 6.39. The molecule has 0 unspecified atom stereocenters. The third kappa shape index (κ3) is 4.79. The SMILES string of the molecule is c1ccc(-c2ccccc2-n2c3ccccc3c3cc(-c4ccc5c(c4)c4c(-c6ccccc6)cccc4n5-c4cccc5oc6ccccc6c45)ccc32)cc1. The molecule has 0 N–H and O–H groups in total. The highest BCUT2D eigenvalue weighted by Crippen LogP contribution is 2.44. The van der Waals surface area contributed by atoms with E-state index in [4.69, 9.17) is 4.42 Å². The van der Waals surface area contributed by atoms with Crippen molar-refractivity contribution in [2.75, 3.05) is 0 Å². The Morgan fingerprint density at radius 3 is 1.61 bits per heavy atom. The molecule has 0 aliphatic carbocycles. The number of hydrogen-bond donors (Lipinski definition) is 0. The number of nitrogens with zero attached hydrogens (tertiary/aromatic N) is 2. The van der Waals surface area contributed by atoms with Crippen LogP contribution in [-0.4, -0.2) is 9.13 Å². The molecule has 0 aliphatic rings. The molecule has 9 aromatic carbocycles. The predicted octanol–water partition coefficient (Wildman–Crippen LogP) is 14.8. The zero-order valence-electron chi connectivity index (χ0n) is 30.9. The van der Waals surface area contributed by atoms with Crippen molar-refractivity contribution < 1.29 is 4.42 Å². The summed E-state index contributed by atoms with van der Waals surface area (Å²) in [5.74, 6) is 0. The zero-order chi connectivity index (χ0) is 37.5. The normalized spacial score (nSPS) is 11.9. The van der Waals surface area contributed by atoms with Crippen molar-refractivity contribution in [1.82, 2.24) is 9.13 Å². The van der Waals surface area contributed by atoms with Crippen LogP contribution in [0.1, 0.15) is 0 Å². The van der Waals surface area contributed by atoms with Crippen LogP contribution in [0.3, 0.4) is 0 Å². The Balaban J connectivity index is 1.11. The standard InChI is InChI=1S/C54H34N2O/c1-3-15-35(16-4-1)39-19-7-10-23-45(39)55-46-24-11-8-20-41(46)43-33-37(29-31-47(43)55)38-30-32-48-44(34-38)53-40(36-17-5-2-6-18-36)22-13-25-49(53)56(48)50-26-14-28-52-54(50)42-21-9-12-27-51(42)57-52/h1-34H. The summed E-state index contributed by atoms with van der Waals surface area (Å²) >= 11 is 0. The maximum Gasteiger partial charge on any atom is 0.137 e. The number of para-hydroxylation sites is 3. The molecule has 0 saturated heterocycles. The Morgan fingerprint density at radius 1 is 0.281 bits per heavy atom. The van der Waals surface area contributed by atoms with Crippen molar-refractivity contribution in [3.05, 3.63) is 206 Å². The van der Waals surface area contributed by atoms with E-state index >= 15 is 0 Å². The second-order valence-corrected chi connectivity index (χ2v) is 14.8. The molecule has 3 nitrogen and oxygen atoms in total. The molecular weight excluding hydrogens is 693 g/mol. The van der Waals surface area contributed by atoms with Gasteiger partial charge in [-0.05, 0) is 88.5 Å². The molecule has 0 spiro atoms. The lowest BCUT2D eigenvalue weighted by Crippen LogP contribution is -1.97. The fourth-order valence-electron chi connectivity index (χ4n) is 9.25. The fraction of sp³-hybridized carbons (Fsp3) is 0. The molecule has 0 aliphatic heterocycles. The molecule has 0 saturated carbocycles. The van der Waals surface area contributed by atoms with Crippen LogP contribution in [-0.2, 0) is 0 Å². The van der Waals surface area contributed by atoms with Gasteiger partial charge in [-0.15, -0.1) is 0 Å². The highest BCUT2D eigenvalue weighted by atomic mass is 16.3. The molecule has 3 heteroatoms. The Bertz CT molecular complexity index is 3510. The van der Waals surface area contributed by atoms with E-state index in [-0.39, 0.29) is 0 Å². The molecule has 0 fully saturated rings. The Kier molecular flexibility index (Phi) is 6.93. The van der Waals surface area contributed by atoms with Gasteiger partial charge in [0.25, 0.3) is 0 Å². The highest BCUT2D eigenvalue weighted by Gasteiger charge is 2.21. The van der Waals surface area contributed by atoms with E-state index in [1.807, 2.05) is 6.07 Å². The molecule has 0 amide bonds. The van der Waals surface area contributed by atoms with Gasteiger partial charge >= 0.3 is 0 Å². The number of hydrogen-bond acceptors (Lipinski definition) is 1. The van der Waals surface area contributed by atoms with Gasteiger partial charge in [0, 0.05) is 32.5 Å². The van der Waals surface area contributed by atoms with Crippen LogP contribution in [0.15, 0.2) is 211 Å². The first-order chi connectivity index (χ1) is 28.3. The van der Waals surface area contributed by atoms with E-state index in [9.17, 15) is 0 Å². The van der Waals surface area contributed by atoms with Gasteiger partial charge in [-0.25, -0.2) is 0 Å². The topological polar surface area (TPSA) is 23.0 Å². The average Bonchev–Trinajstić information content (AvgIpc) is 3.94. The van der Waals surface area contributed by atoms with Crippen LogP contribution >= 0.6 is 0 Å². The second-order valence-electron chi connectivity index (χ2n) is 14.8. The highest BCUT2D eigenvalue weighted by molar-refractivity contribution is 6.19. The Morgan fingerprint density at radius 2 is 0.807 bits per heavy atom. The molecule has 3 aromatic heterocycles. The number of furan rings is 1. The summed E-state index contributed by atoms with van der Waals surface area (Å²) < 4.78 is 11.3. The summed E-state index contributed by atoms with van der Waals surface area (Å²) in [5.41, 5.74) is 16.0. The zero-order valence-corrected chi connectivity index (χ0v) is 30.9. The van der Waals surface area contributed by atoms with Crippen molar-refractivity contribution in [3.8, 4) is 44.8 Å². The van der Waals surface area contributed by atoms with Crippen LogP contribution in [0.5, 0.6) is 0 Å².